The lowest BCUT2D eigenvalue weighted by molar-refractivity contribution is -0.120. The number of anilines is 1. The maximum Gasteiger partial charge on any atom is 0.264 e. The number of rotatable bonds is 9. The molecule has 0 aliphatic rings. The van der Waals surface area contributed by atoms with E-state index < -0.39 is 15.9 Å². The lowest BCUT2D eigenvalue weighted by Crippen LogP contribution is -2.42. The average molecular weight is 543 g/mol. The van der Waals surface area contributed by atoms with Crippen molar-refractivity contribution in [1.29, 1.82) is 0 Å². The molecule has 0 fully saturated rings. The van der Waals surface area contributed by atoms with Crippen LogP contribution in [0.15, 0.2) is 59.5 Å². The molecule has 1 atom stereocenters. The normalized spacial score (nSPS) is 12.4. The number of nitrogens with zero attached hydrogens (tertiary/aromatic N) is 1. The number of sulfonamides is 1. The molecule has 0 spiro atoms. The molecule has 0 aliphatic carbocycles. The van der Waals surface area contributed by atoms with E-state index in [1.54, 1.807) is 56.5 Å². The van der Waals surface area contributed by atoms with Gasteiger partial charge in [0.1, 0.15) is 12.3 Å². The molecule has 6 nitrogen and oxygen atoms in total. The molecule has 3 aromatic carbocycles. The van der Waals surface area contributed by atoms with Crippen LogP contribution in [0.2, 0.25) is 5.02 Å². The summed E-state index contributed by atoms with van der Waals surface area (Å²) in [5.41, 5.74) is 4.97. The zero-order chi connectivity index (χ0) is 27.5. The SMILES string of the molecule is COc1cc(C)c(C(C)NC(=O)CN(c2ccc(Cl)cc2C)S(=O)(=O)c2ccc(C)cc2)cc1C(C)C. The Morgan fingerprint density at radius 3 is 2.16 bits per heavy atom. The van der Waals surface area contributed by atoms with E-state index in [2.05, 4.69) is 19.2 Å². The number of carbonyl (C=O) groups excluding carboxylic acids is 1. The van der Waals surface area contributed by atoms with E-state index in [-0.39, 0.29) is 23.4 Å². The van der Waals surface area contributed by atoms with Gasteiger partial charge in [0.05, 0.1) is 23.7 Å². The minimum Gasteiger partial charge on any atom is -0.496 e. The third kappa shape index (κ3) is 6.46. The zero-order valence-electron chi connectivity index (χ0n) is 22.4. The summed E-state index contributed by atoms with van der Waals surface area (Å²) in [6.45, 7) is 11.3. The number of benzene rings is 3. The lowest BCUT2D eigenvalue weighted by atomic mass is 9.93. The number of ether oxygens (including phenoxy) is 1. The smallest absolute Gasteiger partial charge is 0.264 e. The number of aryl methyl sites for hydroxylation is 3. The topological polar surface area (TPSA) is 75.7 Å². The first-order valence-corrected chi connectivity index (χ1v) is 14.0. The van der Waals surface area contributed by atoms with Gasteiger partial charge in [0.2, 0.25) is 5.91 Å². The fraction of sp³-hybridized carbons (Fsp3) is 0.345. The third-order valence-corrected chi connectivity index (χ3v) is 8.42. The number of hydrogen-bond acceptors (Lipinski definition) is 4. The van der Waals surface area contributed by atoms with Crippen LogP contribution in [0.1, 0.15) is 60.5 Å². The van der Waals surface area contributed by atoms with Crippen molar-refractivity contribution >= 4 is 33.2 Å². The van der Waals surface area contributed by atoms with Gasteiger partial charge in [-0.25, -0.2) is 8.42 Å². The van der Waals surface area contributed by atoms with E-state index in [1.165, 1.54) is 0 Å². The fourth-order valence-electron chi connectivity index (χ4n) is 4.34. The molecule has 3 rings (SSSR count). The number of amides is 1. The highest BCUT2D eigenvalue weighted by atomic mass is 35.5. The third-order valence-electron chi connectivity index (χ3n) is 6.41. The summed E-state index contributed by atoms with van der Waals surface area (Å²) in [6, 6.07) is 15.2. The molecule has 0 radical (unpaired) electrons. The molecular weight excluding hydrogens is 508 g/mol. The average Bonchev–Trinajstić information content (AvgIpc) is 2.82. The highest BCUT2D eigenvalue weighted by Crippen LogP contribution is 2.33. The van der Waals surface area contributed by atoms with Gasteiger partial charge in [-0.1, -0.05) is 43.1 Å². The van der Waals surface area contributed by atoms with Gasteiger partial charge in [-0.2, -0.15) is 0 Å². The van der Waals surface area contributed by atoms with Gasteiger partial charge in [0.25, 0.3) is 10.0 Å². The predicted molar refractivity (Wildman–Crippen MR) is 150 cm³/mol. The Hall–Kier alpha value is -3.03. The molecule has 0 bridgehead atoms. The van der Waals surface area contributed by atoms with Crippen molar-refractivity contribution in [3.63, 3.8) is 0 Å². The van der Waals surface area contributed by atoms with E-state index >= 15 is 0 Å². The number of halogens is 1. The molecular formula is C29H35ClN2O4S. The van der Waals surface area contributed by atoms with E-state index in [4.69, 9.17) is 16.3 Å². The quantitative estimate of drug-likeness (QED) is 0.336. The molecule has 1 N–H and O–H groups in total. The van der Waals surface area contributed by atoms with Crippen molar-refractivity contribution in [3.8, 4) is 5.75 Å². The van der Waals surface area contributed by atoms with Crippen molar-refractivity contribution in [2.45, 2.75) is 58.4 Å². The standard InChI is InChI=1S/C29H35ClN2O4S/c1-18(2)25-16-26(20(4)15-28(25)36-7)22(6)31-29(33)17-32(27-13-10-23(30)14-21(27)5)37(34,35)24-11-8-19(3)9-12-24/h8-16,18,22H,17H2,1-7H3,(H,31,33). The largest absolute Gasteiger partial charge is 0.496 e. The molecule has 0 aromatic heterocycles. The first-order chi connectivity index (χ1) is 17.3. The van der Waals surface area contributed by atoms with Gasteiger partial charge >= 0.3 is 0 Å². The minimum atomic E-state index is -4.02. The summed E-state index contributed by atoms with van der Waals surface area (Å²) in [5, 5.41) is 3.48. The Morgan fingerprint density at radius 2 is 1.59 bits per heavy atom. The Bertz CT molecular complexity index is 1390. The fourth-order valence-corrected chi connectivity index (χ4v) is 6.05. The Kier molecular flexibility index (Phi) is 8.92. The maximum absolute atomic E-state index is 13.7. The monoisotopic (exact) mass is 542 g/mol. The van der Waals surface area contributed by atoms with Crippen molar-refractivity contribution in [1.82, 2.24) is 5.32 Å². The van der Waals surface area contributed by atoms with Crippen molar-refractivity contribution < 1.29 is 17.9 Å². The van der Waals surface area contributed by atoms with Gasteiger partial charge in [0.15, 0.2) is 0 Å². The molecule has 3 aromatic rings. The highest BCUT2D eigenvalue weighted by Gasteiger charge is 2.29. The second-order valence-electron chi connectivity index (χ2n) is 9.65. The molecule has 1 amide bonds. The van der Waals surface area contributed by atoms with Crippen molar-refractivity contribution in [2.24, 2.45) is 0 Å². The van der Waals surface area contributed by atoms with Crippen LogP contribution < -0.4 is 14.4 Å². The molecule has 0 aliphatic heterocycles. The summed E-state index contributed by atoms with van der Waals surface area (Å²) in [5.74, 6) is 0.627. The summed E-state index contributed by atoms with van der Waals surface area (Å²) >= 11 is 6.13. The lowest BCUT2D eigenvalue weighted by Gasteiger charge is -2.27. The van der Waals surface area contributed by atoms with Gasteiger partial charge in [-0.15, -0.1) is 0 Å². The molecule has 0 saturated heterocycles. The summed E-state index contributed by atoms with van der Waals surface area (Å²) in [6.07, 6.45) is 0. The first-order valence-electron chi connectivity index (χ1n) is 12.2. The highest BCUT2D eigenvalue weighted by molar-refractivity contribution is 7.92. The van der Waals surface area contributed by atoms with Gasteiger partial charge < -0.3 is 10.1 Å². The van der Waals surface area contributed by atoms with Gasteiger partial charge in [-0.3, -0.25) is 9.10 Å². The molecule has 0 saturated carbocycles. The van der Waals surface area contributed by atoms with E-state index in [0.717, 1.165) is 32.3 Å². The Labute approximate surface area is 225 Å². The van der Waals surface area contributed by atoms with Crippen molar-refractivity contribution in [2.75, 3.05) is 18.0 Å². The molecule has 8 heteroatoms. The van der Waals surface area contributed by atoms with Crippen molar-refractivity contribution in [3.05, 3.63) is 87.4 Å². The summed E-state index contributed by atoms with van der Waals surface area (Å²) < 4.78 is 34.1. The van der Waals surface area contributed by atoms with Crippen LogP contribution in [-0.4, -0.2) is 28.0 Å². The molecule has 37 heavy (non-hydrogen) atoms. The number of nitrogens with one attached hydrogen (secondary N) is 1. The molecule has 198 valence electrons. The second-order valence-corrected chi connectivity index (χ2v) is 11.9. The summed E-state index contributed by atoms with van der Waals surface area (Å²) in [4.78, 5) is 13.4. The Balaban J connectivity index is 1.95. The minimum absolute atomic E-state index is 0.112. The van der Waals surface area contributed by atoms with Gasteiger partial charge in [-0.05, 0) is 98.3 Å². The summed E-state index contributed by atoms with van der Waals surface area (Å²) in [7, 11) is -2.38. The van der Waals surface area contributed by atoms with Crippen LogP contribution in [0.4, 0.5) is 5.69 Å². The van der Waals surface area contributed by atoms with Crippen LogP contribution in [-0.2, 0) is 14.8 Å². The maximum atomic E-state index is 13.7. The molecule has 1 unspecified atom stereocenters. The number of carbonyl (C=O) groups is 1. The predicted octanol–water partition coefficient (Wildman–Crippen LogP) is 6.47. The van der Waals surface area contributed by atoms with Crippen LogP contribution in [0, 0.1) is 20.8 Å². The first kappa shape index (κ1) is 28.5. The van der Waals surface area contributed by atoms with E-state index in [9.17, 15) is 13.2 Å². The molecule has 0 heterocycles. The second kappa shape index (κ2) is 11.6. The van der Waals surface area contributed by atoms with Crippen LogP contribution >= 0.6 is 11.6 Å². The van der Waals surface area contributed by atoms with Crippen LogP contribution in [0.3, 0.4) is 0 Å². The van der Waals surface area contributed by atoms with Crippen LogP contribution in [0.25, 0.3) is 0 Å². The zero-order valence-corrected chi connectivity index (χ0v) is 24.0. The van der Waals surface area contributed by atoms with E-state index in [1.807, 2.05) is 32.9 Å². The Morgan fingerprint density at radius 1 is 0.946 bits per heavy atom. The van der Waals surface area contributed by atoms with E-state index in [0.29, 0.717) is 16.3 Å². The number of hydrogen-bond donors (Lipinski definition) is 1. The number of methoxy groups -OCH3 is 1. The van der Waals surface area contributed by atoms with Crippen LogP contribution in [0.5, 0.6) is 5.75 Å². The van der Waals surface area contributed by atoms with Gasteiger partial charge in [0, 0.05) is 5.02 Å².